The molecule has 1 aromatic heterocycles. The van der Waals surface area contributed by atoms with Gasteiger partial charge in [-0.05, 0) is 63.5 Å². The fraction of sp³-hybridized carbons (Fsp3) is 0.400. The van der Waals surface area contributed by atoms with E-state index in [9.17, 15) is 14.0 Å². The smallest absolute Gasteiger partial charge is 0.296 e. The molecule has 0 bridgehead atoms. The van der Waals surface area contributed by atoms with Crippen molar-refractivity contribution < 1.29 is 14.0 Å². The summed E-state index contributed by atoms with van der Waals surface area (Å²) in [5.74, 6) is 3.63. The first-order valence-electron chi connectivity index (χ1n) is 8.67. The van der Waals surface area contributed by atoms with Crippen LogP contribution in [0.2, 0.25) is 0 Å². The molecule has 26 heavy (non-hydrogen) atoms. The Balaban J connectivity index is 2.02. The number of aryl methyl sites for hydroxylation is 2. The number of primary amides is 1. The van der Waals surface area contributed by atoms with Crippen LogP contribution in [0.5, 0.6) is 0 Å². The van der Waals surface area contributed by atoms with Crippen molar-refractivity contribution in [1.82, 2.24) is 10.3 Å². The van der Waals surface area contributed by atoms with Crippen LogP contribution in [0, 0.1) is 31.5 Å². The number of fused-ring (bicyclic) bond motifs is 1. The van der Waals surface area contributed by atoms with Gasteiger partial charge in [-0.2, -0.15) is 0 Å². The zero-order chi connectivity index (χ0) is 19.0. The topological polar surface area (TPSA) is 88.0 Å². The van der Waals surface area contributed by atoms with Gasteiger partial charge in [-0.3, -0.25) is 9.59 Å². The largest absolute Gasteiger partial charge is 0.366 e. The summed E-state index contributed by atoms with van der Waals surface area (Å²) in [6, 6.07) is 1.20. The van der Waals surface area contributed by atoms with Gasteiger partial charge in [0.15, 0.2) is 0 Å². The lowest BCUT2D eigenvalue weighted by Crippen LogP contribution is -2.31. The number of amides is 2. The Labute approximate surface area is 151 Å². The highest BCUT2D eigenvalue weighted by Gasteiger charge is 2.32. The maximum Gasteiger partial charge on any atom is 0.296 e. The number of halogens is 1. The molecule has 1 heterocycles. The molecule has 136 valence electrons. The lowest BCUT2D eigenvalue weighted by Gasteiger charge is -2.16. The van der Waals surface area contributed by atoms with E-state index in [0.29, 0.717) is 17.5 Å². The van der Waals surface area contributed by atoms with Crippen LogP contribution in [-0.4, -0.2) is 22.8 Å². The zero-order valence-corrected chi connectivity index (χ0v) is 15.1. The number of rotatable bonds is 3. The Kier molecular flexibility index (Phi) is 4.73. The minimum absolute atomic E-state index is 0.0287. The van der Waals surface area contributed by atoms with E-state index in [0.717, 1.165) is 29.5 Å². The van der Waals surface area contributed by atoms with Gasteiger partial charge >= 0.3 is 0 Å². The maximum atomic E-state index is 15.0. The third-order valence-corrected chi connectivity index (χ3v) is 5.25. The summed E-state index contributed by atoms with van der Waals surface area (Å²) in [7, 11) is 0. The van der Waals surface area contributed by atoms with Crippen molar-refractivity contribution in [3.05, 3.63) is 34.3 Å². The summed E-state index contributed by atoms with van der Waals surface area (Å²) in [6.07, 6.45) is 2.17. The van der Waals surface area contributed by atoms with E-state index in [-0.39, 0.29) is 23.4 Å². The molecule has 0 spiro atoms. The molecule has 1 unspecified atom stereocenters. The Bertz CT molecular complexity index is 965. The Morgan fingerprint density at radius 1 is 1.35 bits per heavy atom. The standard InChI is InChI=1S/C20H22FN3O2/c1-4-5-16(25)24-13-7-6-12(8-13)18-15(21)9-14(20(22)26)19-17(18)10(2)11(3)23-19/h9,12-13,23H,6-8H2,1-3H3,(H2,22,26)(H,24,25)/t12-,13?/m1/s1. The second kappa shape index (κ2) is 6.83. The average molecular weight is 355 g/mol. The molecule has 2 aromatic rings. The minimum atomic E-state index is -0.656. The number of benzene rings is 1. The highest BCUT2D eigenvalue weighted by Crippen LogP contribution is 2.41. The summed E-state index contributed by atoms with van der Waals surface area (Å²) < 4.78 is 15.0. The molecule has 3 rings (SSSR count). The van der Waals surface area contributed by atoms with Gasteiger partial charge in [0.25, 0.3) is 11.8 Å². The quantitative estimate of drug-likeness (QED) is 0.739. The number of nitrogens with one attached hydrogen (secondary N) is 2. The second-order valence-electron chi connectivity index (χ2n) is 6.86. The van der Waals surface area contributed by atoms with Crippen molar-refractivity contribution in [3.8, 4) is 11.8 Å². The third kappa shape index (κ3) is 3.05. The van der Waals surface area contributed by atoms with Gasteiger partial charge in [0.1, 0.15) is 5.82 Å². The van der Waals surface area contributed by atoms with Gasteiger partial charge in [-0.25, -0.2) is 4.39 Å². The molecule has 5 nitrogen and oxygen atoms in total. The first-order valence-corrected chi connectivity index (χ1v) is 8.67. The van der Waals surface area contributed by atoms with Gasteiger partial charge in [0, 0.05) is 22.7 Å². The molecule has 2 amide bonds. The third-order valence-electron chi connectivity index (χ3n) is 5.25. The Hall–Kier alpha value is -2.81. The number of H-pyrrole nitrogens is 1. The highest BCUT2D eigenvalue weighted by molar-refractivity contribution is 6.07. The Morgan fingerprint density at radius 3 is 2.73 bits per heavy atom. The van der Waals surface area contributed by atoms with E-state index >= 15 is 0 Å². The lowest BCUT2D eigenvalue weighted by atomic mass is 9.90. The lowest BCUT2D eigenvalue weighted by molar-refractivity contribution is -0.116. The molecule has 0 saturated heterocycles. The van der Waals surface area contributed by atoms with Crippen LogP contribution in [0.25, 0.3) is 10.9 Å². The van der Waals surface area contributed by atoms with Crippen LogP contribution in [0.1, 0.15) is 59.3 Å². The fourth-order valence-corrected chi connectivity index (χ4v) is 3.96. The SMILES string of the molecule is CC#CC(=O)NC1CC[C@@H](c2c(F)cc(C(N)=O)c3[nH]c(C)c(C)c23)C1. The molecule has 1 saturated carbocycles. The van der Waals surface area contributed by atoms with Crippen molar-refractivity contribution in [2.24, 2.45) is 5.73 Å². The minimum Gasteiger partial charge on any atom is -0.366 e. The normalized spacial score (nSPS) is 19.2. The fourth-order valence-electron chi connectivity index (χ4n) is 3.96. The van der Waals surface area contributed by atoms with Crippen LogP contribution in [0.3, 0.4) is 0 Å². The molecule has 2 atom stereocenters. The molecule has 6 heteroatoms. The first-order chi connectivity index (χ1) is 12.3. The van der Waals surface area contributed by atoms with Crippen molar-refractivity contribution in [2.75, 3.05) is 0 Å². The van der Waals surface area contributed by atoms with Crippen LogP contribution in [0.4, 0.5) is 4.39 Å². The molecule has 1 aromatic carbocycles. The van der Waals surface area contributed by atoms with Gasteiger partial charge in [-0.1, -0.05) is 5.92 Å². The van der Waals surface area contributed by atoms with Gasteiger partial charge in [0.2, 0.25) is 0 Å². The van der Waals surface area contributed by atoms with Crippen molar-refractivity contribution >= 4 is 22.7 Å². The highest BCUT2D eigenvalue weighted by atomic mass is 19.1. The number of carbonyl (C=O) groups is 2. The van der Waals surface area contributed by atoms with Crippen molar-refractivity contribution in [3.63, 3.8) is 0 Å². The maximum absolute atomic E-state index is 15.0. The summed E-state index contributed by atoms with van der Waals surface area (Å²) in [4.78, 5) is 26.6. The summed E-state index contributed by atoms with van der Waals surface area (Å²) in [5.41, 5.74) is 8.59. The van der Waals surface area contributed by atoms with Gasteiger partial charge in [-0.15, -0.1) is 0 Å². The summed E-state index contributed by atoms with van der Waals surface area (Å²) >= 11 is 0. The van der Waals surface area contributed by atoms with E-state index in [1.165, 1.54) is 6.07 Å². The van der Waals surface area contributed by atoms with Gasteiger partial charge in [0.05, 0.1) is 11.1 Å². The predicted octanol–water partition coefficient (Wildman–Crippen LogP) is 2.80. The predicted molar refractivity (Wildman–Crippen MR) is 98.2 cm³/mol. The molecular formula is C20H22FN3O2. The number of aromatic nitrogens is 1. The van der Waals surface area contributed by atoms with Crippen LogP contribution in [-0.2, 0) is 4.79 Å². The molecule has 1 aliphatic rings. The van der Waals surface area contributed by atoms with E-state index in [2.05, 4.69) is 22.1 Å². The monoisotopic (exact) mass is 355 g/mol. The number of aromatic amines is 1. The zero-order valence-electron chi connectivity index (χ0n) is 15.1. The molecule has 1 aliphatic carbocycles. The first kappa shape index (κ1) is 18.0. The van der Waals surface area contributed by atoms with Gasteiger partial charge < -0.3 is 16.0 Å². The Morgan fingerprint density at radius 2 is 2.08 bits per heavy atom. The molecular weight excluding hydrogens is 333 g/mol. The number of hydrogen-bond donors (Lipinski definition) is 3. The molecule has 4 N–H and O–H groups in total. The van der Waals surface area contributed by atoms with Crippen molar-refractivity contribution in [1.29, 1.82) is 0 Å². The number of nitrogens with two attached hydrogens (primary N) is 1. The number of carbonyl (C=O) groups excluding carboxylic acids is 2. The molecule has 0 aliphatic heterocycles. The van der Waals surface area contributed by atoms with Crippen LogP contribution in [0.15, 0.2) is 6.07 Å². The van der Waals surface area contributed by atoms with E-state index < -0.39 is 11.7 Å². The molecule has 0 radical (unpaired) electrons. The van der Waals surface area contributed by atoms with E-state index in [1.807, 2.05) is 13.8 Å². The number of hydrogen-bond acceptors (Lipinski definition) is 2. The van der Waals surface area contributed by atoms with Crippen LogP contribution < -0.4 is 11.1 Å². The van der Waals surface area contributed by atoms with Crippen molar-refractivity contribution in [2.45, 2.75) is 52.0 Å². The van der Waals surface area contributed by atoms with E-state index in [4.69, 9.17) is 5.73 Å². The second-order valence-corrected chi connectivity index (χ2v) is 6.86. The van der Waals surface area contributed by atoms with Crippen LogP contribution >= 0.6 is 0 Å². The van der Waals surface area contributed by atoms with E-state index in [1.54, 1.807) is 6.92 Å². The average Bonchev–Trinajstić information content (AvgIpc) is 3.13. The summed E-state index contributed by atoms with van der Waals surface area (Å²) in [6.45, 7) is 5.41. The summed E-state index contributed by atoms with van der Waals surface area (Å²) in [5, 5.41) is 3.62. The molecule has 1 fully saturated rings.